The Morgan fingerprint density at radius 3 is 2.62 bits per heavy atom. The molecule has 136 valence electrons. The average molecular weight is 364 g/mol. The highest BCUT2D eigenvalue weighted by atomic mass is 19.4. The fourth-order valence-corrected chi connectivity index (χ4v) is 2.45. The quantitative estimate of drug-likeness (QED) is 0.861. The number of anilines is 2. The fraction of sp³-hybridized carbons (Fsp3) is 0.375. The SMILES string of the molecule is N#Cc1ncc(Nc2ncc(C(F)(F)F)cn2)cc1O[C@@H]1CCCNC1. The Kier molecular flexibility index (Phi) is 5.18. The first kappa shape index (κ1) is 17.9. The smallest absolute Gasteiger partial charge is 0.419 e. The van der Waals surface area contributed by atoms with Crippen molar-refractivity contribution in [2.45, 2.75) is 25.1 Å². The zero-order valence-corrected chi connectivity index (χ0v) is 13.5. The van der Waals surface area contributed by atoms with E-state index in [-0.39, 0.29) is 17.7 Å². The van der Waals surface area contributed by atoms with Crippen LogP contribution in [0.5, 0.6) is 5.75 Å². The summed E-state index contributed by atoms with van der Waals surface area (Å²) in [5.74, 6) is 0.285. The predicted octanol–water partition coefficient (Wildman–Crippen LogP) is 2.64. The third kappa shape index (κ3) is 4.37. The van der Waals surface area contributed by atoms with E-state index >= 15 is 0 Å². The van der Waals surface area contributed by atoms with Gasteiger partial charge in [-0.25, -0.2) is 15.0 Å². The summed E-state index contributed by atoms with van der Waals surface area (Å²) in [4.78, 5) is 11.3. The van der Waals surface area contributed by atoms with Gasteiger partial charge in [0.1, 0.15) is 12.2 Å². The predicted molar refractivity (Wildman–Crippen MR) is 85.8 cm³/mol. The summed E-state index contributed by atoms with van der Waals surface area (Å²) in [7, 11) is 0. The summed E-state index contributed by atoms with van der Waals surface area (Å²) in [6.07, 6.45) is 0.00850. The number of aromatic nitrogens is 3. The molecule has 3 heterocycles. The number of halogens is 3. The number of nitrogens with zero attached hydrogens (tertiary/aromatic N) is 4. The van der Waals surface area contributed by atoms with Gasteiger partial charge in [0, 0.05) is 25.0 Å². The van der Waals surface area contributed by atoms with Crippen molar-refractivity contribution >= 4 is 11.6 Å². The fourth-order valence-electron chi connectivity index (χ4n) is 2.45. The maximum atomic E-state index is 12.5. The van der Waals surface area contributed by atoms with Gasteiger partial charge in [-0.1, -0.05) is 0 Å². The van der Waals surface area contributed by atoms with Crippen molar-refractivity contribution < 1.29 is 17.9 Å². The van der Waals surface area contributed by atoms with Gasteiger partial charge < -0.3 is 15.4 Å². The molecule has 10 heteroatoms. The largest absolute Gasteiger partial charge is 0.486 e. The zero-order chi connectivity index (χ0) is 18.6. The van der Waals surface area contributed by atoms with Gasteiger partial charge in [-0.3, -0.25) is 0 Å². The number of alkyl halides is 3. The van der Waals surface area contributed by atoms with Crippen LogP contribution in [-0.2, 0) is 6.18 Å². The van der Waals surface area contributed by atoms with Gasteiger partial charge in [-0.05, 0) is 19.4 Å². The van der Waals surface area contributed by atoms with Crippen molar-refractivity contribution in [3.05, 3.63) is 35.9 Å². The first-order valence-corrected chi connectivity index (χ1v) is 7.89. The molecule has 0 amide bonds. The molecule has 0 saturated carbocycles. The number of piperidine rings is 1. The lowest BCUT2D eigenvalue weighted by Crippen LogP contribution is -2.37. The molecule has 0 bridgehead atoms. The lowest BCUT2D eigenvalue weighted by atomic mass is 10.1. The number of hydrogen-bond donors (Lipinski definition) is 2. The highest BCUT2D eigenvalue weighted by molar-refractivity contribution is 5.56. The standard InChI is InChI=1S/C16H15F3N6O/c17-16(18,19)10-6-23-15(24-7-10)25-11-4-14(13(5-20)22-8-11)26-12-2-1-3-21-9-12/h4,6-8,12,21H,1-3,9H2,(H,23,24,25)/t12-/m1/s1. The second-order valence-electron chi connectivity index (χ2n) is 5.69. The molecule has 1 atom stereocenters. The molecule has 0 spiro atoms. The third-order valence-electron chi connectivity index (χ3n) is 3.74. The molecule has 0 radical (unpaired) electrons. The monoisotopic (exact) mass is 364 g/mol. The minimum atomic E-state index is -4.50. The number of hydrogen-bond acceptors (Lipinski definition) is 7. The van der Waals surface area contributed by atoms with Crippen LogP contribution in [0.1, 0.15) is 24.1 Å². The summed E-state index contributed by atoms with van der Waals surface area (Å²) in [6.45, 7) is 1.60. The molecule has 0 unspecified atom stereocenters. The van der Waals surface area contributed by atoms with E-state index in [1.54, 1.807) is 6.07 Å². The summed E-state index contributed by atoms with van der Waals surface area (Å²) in [6, 6.07) is 3.52. The van der Waals surface area contributed by atoms with Crippen LogP contribution in [0.2, 0.25) is 0 Å². The summed E-state index contributed by atoms with van der Waals surface area (Å²) in [5.41, 5.74) is -0.396. The second kappa shape index (κ2) is 7.53. The van der Waals surface area contributed by atoms with Crippen molar-refractivity contribution in [1.29, 1.82) is 5.26 Å². The molecular weight excluding hydrogens is 349 g/mol. The molecule has 26 heavy (non-hydrogen) atoms. The van der Waals surface area contributed by atoms with Gasteiger partial charge in [0.05, 0.1) is 17.4 Å². The molecule has 0 aromatic carbocycles. The van der Waals surface area contributed by atoms with Crippen LogP contribution in [0.15, 0.2) is 24.7 Å². The van der Waals surface area contributed by atoms with E-state index in [4.69, 9.17) is 4.74 Å². The van der Waals surface area contributed by atoms with Crippen molar-refractivity contribution in [2.75, 3.05) is 18.4 Å². The van der Waals surface area contributed by atoms with Crippen LogP contribution < -0.4 is 15.4 Å². The Bertz CT molecular complexity index is 797. The van der Waals surface area contributed by atoms with Crippen LogP contribution in [0.25, 0.3) is 0 Å². The molecule has 1 aliphatic heterocycles. The van der Waals surface area contributed by atoms with E-state index in [1.165, 1.54) is 6.20 Å². The molecule has 3 rings (SSSR count). The highest BCUT2D eigenvalue weighted by Crippen LogP contribution is 2.29. The third-order valence-corrected chi connectivity index (χ3v) is 3.74. The molecule has 2 aromatic heterocycles. The molecule has 2 aromatic rings. The van der Waals surface area contributed by atoms with E-state index in [0.717, 1.165) is 19.4 Å². The van der Waals surface area contributed by atoms with E-state index < -0.39 is 11.7 Å². The minimum Gasteiger partial charge on any atom is -0.486 e. The number of ether oxygens (including phenoxy) is 1. The molecule has 1 aliphatic rings. The first-order valence-electron chi connectivity index (χ1n) is 7.89. The van der Waals surface area contributed by atoms with Gasteiger partial charge in [0.2, 0.25) is 5.95 Å². The number of nitrogens with one attached hydrogen (secondary N) is 2. The first-order chi connectivity index (χ1) is 12.5. The minimum absolute atomic E-state index is 0.0187. The Morgan fingerprint density at radius 1 is 1.23 bits per heavy atom. The van der Waals surface area contributed by atoms with Crippen LogP contribution in [0.3, 0.4) is 0 Å². The Hall–Kier alpha value is -2.93. The van der Waals surface area contributed by atoms with Gasteiger partial charge in [0.15, 0.2) is 11.4 Å². The lowest BCUT2D eigenvalue weighted by molar-refractivity contribution is -0.138. The Balaban J connectivity index is 1.75. The molecule has 2 N–H and O–H groups in total. The maximum absolute atomic E-state index is 12.5. The van der Waals surface area contributed by atoms with E-state index in [0.29, 0.717) is 30.4 Å². The lowest BCUT2D eigenvalue weighted by Gasteiger charge is -2.24. The van der Waals surface area contributed by atoms with Crippen molar-refractivity contribution in [3.8, 4) is 11.8 Å². The second-order valence-corrected chi connectivity index (χ2v) is 5.69. The van der Waals surface area contributed by atoms with Gasteiger partial charge in [-0.2, -0.15) is 18.4 Å². The molecule has 0 aliphatic carbocycles. The van der Waals surface area contributed by atoms with E-state index in [2.05, 4.69) is 25.6 Å². The molecule has 7 nitrogen and oxygen atoms in total. The van der Waals surface area contributed by atoms with Crippen LogP contribution in [0.4, 0.5) is 24.8 Å². The molecule has 1 saturated heterocycles. The van der Waals surface area contributed by atoms with E-state index in [1.807, 2.05) is 6.07 Å². The topological polar surface area (TPSA) is 95.8 Å². The van der Waals surface area contributed by atoms with Crippen LogP contribution in [-0.4, -0.2) is 34.1 Å². The number of pyridine rings is 1. The number of rotatable bonds is 4. The van der Waals surface area contributed by atoms with Gasteiger partial charge >= 0.3 is 6.18 Å². The summed E-state index contributed by atoms with van der Waals surface area (Å²) < 4.78 is 43.5. The van der Waals surface area contributed by atoms with Crippen molar-refractivity contribution in [1.82, 2.24) is 20.3 Å². The average Bonchev–Trinajstić information content (AvgIpc) is 2.63. The summed E-state index contributed by atoms with van der Waals surface area (Å²) in [5, 5.41) is 15.1. The Labute approximate surface area is 147 Å². The molecule has 1 fully saturated rings. The number of nitriles is 1. The Morgan fingerprint density at radius 2 is 2.00 bits per heavy atom. The van der Waals surface area contributed by atoms with E-state index in [9.17, 15) is 18.4 Å². The van der Waals surface area contributed by atoms with Gasteiger partial charge in [-0.15, -0.1) is 0 Å². The van der Waals surface area contributed by atoms with Crippen LogP contribution in [0, 0.1) is 11.3 Å². The van der Waals surface area contributed by atoms with Crippen LogP contribution >= 0.6 is 0 Å². The molecular formula is C16H15F3N6O. The normalized spacial score (nSPS) is 17.4. The maximum Gasteiger partial charge on any atom is 0.419 e. The van der Waals surface area contributed by atoms with Crippen molar-refractivity contribution in [2.24, 2.45) is 0 Å². The summed E-state index contributed by atoms with van der Waals surface area (Å²) >= 11 is 0. The van der Waals surface area contributed by atoms with Crippen molar-refractivity contribution in [3.63, 3.8) is 0 Å². The zero-order valence-electron chi connectivity index (χ0n) is 13.5. The highest BCUT2D eigenvalue weighted by Gasteiger charge is 2.31. The van der Waals surface area contributed by atoms with Gasteiger partial charge in [0.25, 0.3) is 0 Å².